The molecule has 0 aliphatic rings. The summed E-state index contributed by atoms with van der Waals surface area (Å²) in [5, 5.41) is 0. The SMILES string of the molecule is CCc1ccc(CCc2ccc(CS(=O)(=O)C(C)(C)C)cc2)cc1. The number of sulfone groups is 1. The Morgan fingerprint density at radius 2 is 1.08 bits per heavy atom. The minimum Gasteiger partial charge on any atom is -0.228 e. The average molecular weight is 345 g/mol. The summed E-state index contributed by atoms with van der Waals surface area (Å²) >= 11 is 0. The maximum atomic E-state index is 12.3. The number of hydrogen-bond acceptors (Lipinski definition) is 2. The summed E-state index contributed by atoms with van der Waals surface area (Å²) in [4.78, 5) is 0. The Hall–Kier alpha value is -1.61. The number of benzene rings is 2. The van der Waals surface area contributed by atoms with Gasteiger partial charge < -0.3 is 0 Å². The minimum atomic E-state index is -3.13. The summed E-state index contributed by atoms with van der Waals surface area (Å²) in [5.74, 6) is 0.106. The molecule has 2 aromatic rings. The van der Waals surface area contributed by atoms with Gasteiger partial charge in [-0.3, -0.25) is 0 Å². The largest absolute Gasteiger partial charge is 0.228 e. The molecule has 0 N–H and O–H groups in total. The van der Waals surface area contributed by atoms with E-state index in [-0.39, 0.29) is 5.75 Å². The van der Waals surface area contributed by atoms with Crippen molar-refractivity contribution in [3.05, 3.63) is 70.8 Å². The molecule has 2 aromatic carbocycles. The van der Waals surface area contributed by atoms with Crippen molar-refractivity contribution in [2.24, 2.45) is 0 Å². The average Bonchev–Trinajstić information content (AvgIpc) is 2.53. The van der Waals surface area contributed by atoms with Gasteiger partial charge in [0.25, 0.3) is 0 Å². The van der Waals surface area contributed by atoms with E-state index in [0.29, 0.717) is 0 Å². The molecule has 0 fully saturated rings. The Labute approximate surface area is 146 Å². The molecule has 130 valence electrons. The van der Waals surface area contributed by atoms with Crippen molar-refractivity contribution in [2.45, 2.75) is 57.5 Å². The van der Waals surface area contributed by atoms with E-state index in [9.17, 15) is 8.42 Å². The number of aryl methyl sites for hydroxylation is 3. The fraction of sp³-hybridized carbons (Fsp3) is 0.429. The van der Waals surface area contributed by atoms with Gasteiger partial charge in [0.1, 0.15) is 0 Å². The second kappa shape index (κ2) is 7.52. The zero-order valence-corrected chi connectivity index (χ0v) is 16.0. The van der Waals surface area contributed by atoms with Crippen molar-refractivity contribution in [3.8, 4) is 0 Å². The lowest BCUT2D eigenvalue weighted by Crippen LogP contribution is -2.29. The molecule has 2 nitrogen and oxygen atoms in total. The second-order valence-electron chi connectivity index (χ2n) is 7.36. The zero-order chi connectivity index (χ0) is 17.8. The van der Waals surface area contributed by atoms with Gasteiger partial charge in [-0.1, -0.05) is 55.5 Å². The van der Waals surface area contributed by atoms with E-state index < -0.39 is 14.6 Å². The zero-order valence-electron chi connectivity index (χ0n) is 15.2. The van der Waals surface area contributed by atoms with Gasteiger partial charge in [0.05, 0.1) is 10.5 Å². The van der Waals surface area contributed by atoms with Crippen LogP contribution in [0.15, 0.2) is 48.5 Å². The summed E-state index contributed by atoms with van der Waals surface area (Å²) in [6.07, 6.45) is 3.04. The molecule has 0 saturated carbocycles. The van der Waals surface area contributed by atoms with Crippen LogP contribution in [-0.4, -0.2) is 13.2 Å². The maximum absolute atomic E-state index is 12.3. The molecular weight excluding hydrogens is 316 g/mol. The molecule has 0 amide bonds. The Morgan fingerprint density at radius 1 is 0.708 bits per heavy atom. The van der Waals surface area contributed by atoms with Gasteiger partial charge in [0.15, 0.2) is 9.84 Å². The van der Waals surface area contributed by atoms with Crippen LogP contribution in [-0.2, 0) is 34.9 Å². The van der Waals surface area contributed by atoms with Crippen molar-refractivity contribution in [1.82, 2.24) is 0 Å². The predicted molar refractivity (Wildman–Crippen MR) is 102 cm³/mol. The highest BCUT2D eigenvalue weighted by molar-refractivity contribution is 7.91. The highest BCUT2D eigenvalue weighted by Gasteiger charge is 2.28. The van der Waals surface area contributed by atoms with Crippen molar-refractivity contribution in [1.29, 1.82) is 0 Å². The van der Waals surface area contributed by atoms with Gasteiger partial charge in [0.2, 0.25) is 0 Å². The lowest BCUT2D eigenvalue weighted by molar-refractivity contribution is 0.559. The summed E-state index contributed by atoms with van der Waals surface area (Å²) in [5.41, 5.74) is 4.81. The molecule has 0 aliphatic carbocycles. The minimum absolute atomic E-state index is 0.106. The highest BCUT2D eigenvalue weighted by atomic mass is 32.2. The van der Waals surface area contributed by atoms with E-state index in [4.69, 9.17) is 0 Å². The van der Waals surface area contributed by atoms with Crippen LogP contribution in [0.4, 0.5) is 0 Å². The third-order valence-electron chi connectivity index (χ3n) is 4.45. The molecule has 0 aliphatic heterocycles. The molecule has 0 saturated heterocycles. The Balaban J connectivity index is 1.97. The maximum Gasteiger partial charge on any atom is 0.159 e. The van der Waals surface area contributed by atoms with E-state index in [1.54, 1.807) is 20.8 Å². The highest BCUT2D eigenvalue weighted by Crippen LogP contribution is 2.21. The molecule has 0 unspecified atom stereocenters. The lowest BCUT2D eigenvalue weighted by Gasteiger charge is -2.19. The fourth-order valence-electron chi connectivity index (χ4n) is 2.47. The van der Waals surface area contributed by atoms with Crippen molar-refractivity contribution >= 4 is 9.84 Å². The van der Waals surface area contributed by atoms with Crippen LogP contribution in [0.5, 0.6) is 0 Å². The van der Waals surface area contributed by atoms with Crippen molar-refractivity contribution in [3.63, 3.8) is 0 Å². The van der Waals surface area contributed by atoms with Crippen LogP contribution in [0.25, 0.3) is 0 Å². The Morgan fingerprint density at radius 3 is 1.46 bits per heavy atom. The molecule has 0 bridgehead atoms. The van der Waals surface area contributed by atoms with Gasteiger partial charge in [0, 0.05) is 0 Å². The first-order valence-corrected chi connectivity index (χ1v) is 10.2. The summed E-state index contributed by atoms with van der Waals surface area (Å²) in [6.45, 7) is 7.41. The van der Waals surface area contributed by atoms with E-state index in [2.05, 4.69) is 31.2 Å². The normalized spacial score (nSPS) is 12.3. The molecule has 0 spiro atoms. The molecule has 0 atom stereocenters. The van der Waals surface area contributed by atoms with Crippen LogP contribution in [0.1, 0.15) is 49.9 Å². The first-order valence-electron chi connectivity index (χ1n) is 8.59. The van der Waals surface area contributed by atoms with Crippen LogP contribution in [0.3, 0.4) is 0 Å². The number of hydrogen-bond donors (Lipinski definition) is 0. The van der Waals surface area contributed by atoms with Crippen LogP contribution in [0, 0.1) is 0 Å². The molecule has 0 aromatic heterocycles. The standard InChI is InChI=1S/C21H28O2S/c1-5-17-6-8-18(9-7-17)10-11-19-12-14-20(15-13-19)16-24(22,23)21(2,3)4/h6-9,12-15H,5,10-11,16H2,1-4H3. The Bertz CT molecular complexity index is 749. The van der Waals surface area contributed by atoms with E-state index in [1.165, 1.54) is 16.7 Å². The number of rotatable bonds is 6. The van der Waals surface area contributed by atoms with Crippen LogP contribution in [0.2, 0.25) is 0 Å². The quantitative estimate of drug-likeness (QED) is 0.758. The van der Waals surface area contributed by atoms with Gasteiger partial charge in [-0.25, -0.2) is 8.42 Å². The lowest BCUT2D eigenvalue weighted by atomic mass is 10.0. The van der Waals surface area contributed by atoms with Crippen LogP contribution < -0.4 is 0 Å². The van der Waals surface area contributed by atoms with E-state index in [1.807, 2.05) is 24.3 Å². The predicted octanol–water partition coefficient (Wildman–Crippen LogP) is 4.75. The van der Waals surface area contributed by atoms with E-state index in [0.717, 1.165) is 24.8 Å². The molecule has 2 rings (SSSR count). The summed E-state index contributed by atoms with van der Waals surface area (Å²) in [7, 11) is -3.13. The van der Waals surface area contributed by atoms with Crippen molar-refractivity contribution < 1.29 is 8.42 Å². The second-order valence-corrected chi connectivity index (χ2v) is 10.1. The van der Waals surface area contributed by atoms with Gasteiger partial charge in [-0.15, -0.1) is 0 Å². The first-order chi connectivity index (χ1) is 11.2. The van der Waals surface area contributed by atoms with Crippen LogP contribution >= 0.6 is 0 Å². The van der Waals surface area contributed by atoms with Gasteiger partial charge >= 0.3 is 0 Å². The smallest absolute Gasteiger partial charge is 0.159 e. The first kappa shape index (κ1) is 18.7. The van der Waals surface area contributed by atoms with Gasteiger partial charge in [-0.05, 0) is 62.3 Å². The Kier molecular flexibility index (Phi) is 5.87. The van der Waals surface area contributed by atoms with Gasteiger partial charge in [-0.2, -0.15) is 0 Å². The molecular formula is C21H28O2S. The molecule has 0 heterocycles. The van der Waals surface area contributed by atoms with Crippen molar-refractivity contribution in [2.75, 3.05) is 0 Å². The van der Waals surface area contributed by atoms with E-state index >= 15 is 0 Å². The molecule has 0 radical (unpaired) electrons. The summed E-state index contributed by atoms with van der Waals surface area (Å²) < 4.78 is 23.8. The topological polar surface area (TPSA) is 34.1 Å². The third kappa shape index (κ3) is 4.94. The molecule has 3 heteroatoms. The fourth-order valence-corrected chi connectivity index (χ4v) is 3.53. The monoisotopic (exact) mass is 344 g/mol. The molecule has 24 heavy (non-hydrogen) atoms. The third-order valence-corrected chi connectivity index (χ3v) is 7.03. The summed E-state index contributed by atoms with van der Waals surface area (Å²) in [6, 6.07) is 16.8.